The standard InChI is InChI=1S/C13H10FN5O2.C7H7F/c14-10-5-15-11-7(6-1-2-6)3-9(18-19(10)11)8-4-16-13(21)17-12(8)20;1-6-3-2-4-7(8)5-6/h3-6H,1-2H2,(H2,16,17,20,21);2-5H,1H3. The van der Waals surface area contributed by atoms with Crippen molar-refractivity contribution in [2.75, 3.05) is 0 Å². The minimum Gasteiger partial charge on any atom is -0.313 e. The zero-order valence-corrected chi connectivity index (χ0v) is 15.4. The highest BCUT2D eigenvalue weighted by Crippen LogP contribution is 2.42. The third-order valence-corrected chi connectivity index (χ3v) is 4.55. The molecule has 0 aliphatic heterocycles. The highest BCUT2D eigenvalue weighted by atomic mass is 19.1. The highest BCUT2D eigenvalue weighted by molar-refractivity contribution is 5.62. The Balaban J connectivity index is 0.000000216. The van der Waals surface area contributed by atoms with Gasteiger partial charge < -0.3 is 4.98 Å². The van der Waals surface area contributed by atoms with Crippen LogP contribution in [-0.2, 0) is 0 Å². The second-order valence-electron chi connectivity index (χ2n) is 6.86. The first-order valence-corrected chi connectivity index (χ1v) is 9.01. The van der Waals surface area contributed by atoms with Gasteiger partial charge in [-0.2, -0.15) is 14.0 Å². The predicted octanol–water partition coefficient (Wildman–Crippen LogP) is 2.92. The van der Waals surface area contributed by atoms with E-state index < -0.39 is 17.2 Å². The fraction of sp³-hybridized carbons (Fsp3) is 0.200. The number of benzene rings is 1. The second kappa shape index (κ2) is 7.42. The maximum absolute atomic E-state index is 13.8. The van der Waals surface area contributed by atoms with Crippen molar-refractivity contribution in [3.8, 4) is 11.3 Å². The number of fused-ring (bicyclic) bond motifs is 1. The van der Waals surface area contributed by atoms with Crippen LogP contribution in [0.3, 0.4) is 0 Å². The number of nitrogens with one attached hydrogen (secondary N) is 2. The summed E-state index contributed by atoms with van der Waals surface area (Å²) in [6.07, 6.45) is 4.40. The van der Waals surface area contributed by atoms with Crippen molar-refractivity contribution in [2.24, 2.45) is 0 Å². The van der Waals surface area contributed by atoms with Gasteiger partial charge in [-0.3, -0.25) is 9.78 Å². The first-order valence-electron chi connectivity index (χ1n) is 9.01. The molecule has 3 aromatic heterocycles. The van der Waals surface area contributed by atoms with Crippen molar-refractivity contribution in [2.45, 2.75) is 25.7 Å². The first-order chi connectivity index (χ1) is 13.9. The average Bonchev–Trinajstić information content (AvgIpc) is 3.45. The molecule has 9 heteroatoms. The lowest BCUT2D eigenvalue weighted by Gasteiger charge is -2.06. The van der Waals surface area contributed by atoms with E-state index in [0.29, 0.717) is 17.3 Å². The summed E-state index contributed by atoms with van der Waals surface area (Å²) in [6, 6.07) is 8.24. The molecule has 148 valence electrons. The molecule has 1 aromatic carbocycles. The van der Waals surface area contributed by atoms with Crippen LogP contribution in [0.5, 0.6) is 0 Å². The van der Waals surface area contributed by atoms with E-state index in [9.17, 15) is 18.4 Å². The summed E-state index contributed by atoms with van der Waals surface area (Å²) in [4.78, 5) is 31.5. The van der Waals surface area contributed by atoms with Gasteiger partial charge in [-0.25, -0.2) is 14.2 Å². The number of aryl methyl sites for hydroxylation is 1. The number of rotatable bonds is 2. The van der Waals surface area contributed by atoms with Crippen LogP contribution in [0.15, 0.2) is 52.3 Å². The molecule has 0 saturated heterocycles. The third-order valence-electron chi connectivity index (χ3n) is 4.55. The number of aromatic nitrogens is 5. The van der Waals surface area contributed by atoms with E-state index in [-0.39, 0.29) is 11.4 Å². The number of aromatic amines is 2. The van der Waals surface area contributed by atoms with Gasteiger partial charge in [0.1, 0.15) is 5.82 Å². The second-order valence-corrected chi connectivity index (χ2v) is 6.86. The number of halogens is 2. The molecule has 3 heterocycles. The lowest BCUT2D eigenvalue weighted by molar-refractivity contribution is 0.549. The Bertz CT molecular complexity index is 1290. The van der Waals surface area contributed by atoms with Crippen molar-refractivity contribution in [1.29, 1.82) is 0 Å². The quantitative estimate of drug-likeness (QED) is 0.544. The van der Waals surface area contributed by atoms with E-state index in [1.54, 1.807) is 12.1 Å². The third kappa shape index (κ3) is 3.98. The molecule has 0 radical (unpaired) electrons. The zero-order valence-electron chi connectivity index (χ0n) is 15.4. The zero-order chi connectivity index (χ0) is 20.5. The van der Waals surface area contributed by atoms with Crippen molar-refractivity contribution >= 4 is 5.65 Å². The van der Waals surface area contributed by atoms with E-state index in [0.717, 1.165) is 34.7 Å². The van der Waals surface area contributed by atoms with Gasteiger partial charge in [0.2, 0.25) is 5.95 Å². The largest absolute Gasteiger partial charge is 0.325 e. The fourth-order valence-electron chi connectivity index (χ4n) is 3.00. The van der Waals surface area contributed by atoms with Crippen LogP contribution < -0.4 is 11.2 Å². The van der Waals surface area contributed by atoms with Gasteiger partial charge in [0.25, 0.3) is 5.56 Å². The fourth-order valence-corrected chi connectivity index (χ4v) is 3.00. The van der Waals surface area contributed by atoms with Crippen LogP contribution in [0.2, 0.25) is 0 Å². The smallest absolute Gasteiger partial charge is 0.313 e. The van der Waals surface area contributed by atoms with Crippen LogP contribution >= 0.6 is 0 Å². The summed E-state index contributed by atoms with van der Waals surface area (Å²) in [5.74, 6) is -0.433. The summed E-state index contributed by atoms with van der Waals surface area (Å²) in [5.41, 5.74) is 1.64. The molecule has 0 unspecified atom stereocenters. The molecule has 4 aromatic rings. The van der Waals surface area contributed by atoms with Crippen LogP contribution in [0.4, 0.5) is 8.78 Å². The average molecular weight is 397 g/mol. The molecule has 1 aliphatic carbocycles. The van der Waals surface area contributed by atoms with Gasteiger partial charge in [0.05, 0.1) is 17.5 Å². The molecule has 1 saturated carbocycles. The number of H-pyrrole nitrogens is 2. The molecule has 5 rings (SSSR count). The Morgan fingerprint density at radius 1 is 1.17 bits per heavy atom. The molecule has 0 atom stereocenters. The maximum Gasteiger partial charge on any atom is 0.325 e. The molecule has 29 heavy (non-hydrogen) atoms. The van der Waals surface area contributed by atoms with E-state index in [1.807, 2.05) is 13.0 Å². The highest BCUT2D eigenvalue weighted by Gasteiger charge is 2.28. The minimum absolute atomic E-state index is 0.162. The molecule has 0 amide bonds. The van der Waals surface area contributed by atoms with Crippen molar-refractivity contribution in [3.63, 3.8) is 0 Å². The molecular formula is C20H17F2N5O2. The van der Waals surface area contributed by atoms with Crippen molar-refractivity contribution in [3.05, 3.63) is 86.5 Å². The predicted molar refractivity (Wildman–Crippen MR) is 103 cm³/mol. The summed E-state index contributed by atoms with van der Waals surface area (Å²) in [5, 5.41) is 4.10. The molecule has 2 N–H and O–H groups in total. The Kier molecular flexibility index (Phi) is 4.79. The Hall–Kier alpha value is -3.62. The minimum atomic E-state index is -0.596. The number of hydrogen-bond donors (Lipinski definition) is 2. The van der Waals surface area contributed by atoms with Gasteiger partial charge in [0, 0.05) is 11.8 Å². The topological polar surface area (TPSA) is 95.9 Å². The SMILES string of the molecule is Cc1cccc(F)c1.O=c1[nH]cc(-c2cc(C3CC3)c3ncc(F)n3n2)c(=O)[nH]1. The van der Waals surface area contributed by atoms with Crippen molar-refractivity contribution < 1.29 is 8.78 Å². The summed E-state index contributed by atoms with van der Waals surface area (Å²) in [7, 11) is 0. The Morgan fingerprint density at radius 3 is 2.59 bits per heavy atom. The lowest BCUT2D eigenvalue weighted by atomic mass is 10.1. The van der Waals surface area contributed by atoms with E-state index in [4.69, 9.17) is 0 Å². The maximum atomic E-state index is 13.8. The van der Waals surface area contributed by atoms with Gasteiger partial charge in [0.15, 0.2) is 5.65 Å². The van der Waals surface area contributed by atoms with Gasteiger partial charge in [-0.05, 0) is 49.4 Å². The summed E-state index contributed by atoms with van der Waals surface area (Å²) < 4.78 is 27.0. The molecule has 1 fully saturated rings. The molecular weight excluding hydrogens is 380 g/mol. The molecule has 1 aliphatic rings. The summed E-state index contributed by atoms with van der Waals surface area (Å²) >= 11 is 0. The van der Waals surface area contributed by atoms with Crippen LogP contribution in [0.1, 0.15) is 29.9 Å². The van der Waals surface area contributed by atoms with Crippen LogP contribution in [0, 0.1) is 18.7 Å². The first kappa shape index (κ1) is 18.7. The summed E-state index contributed by atoms with van der Waals surface area (Å²) in [6.45, 7) is 1.86. The van der Waals surface area contributed by atoms with Gasteiger partial charge in [-0.15, -0.1) is 0 Å². The lowest BCUT2D eigenvalue weighted by Crippen LogP contribution is -2.23. The van der Waals surface area contributed by atoms with Crippen LogP contribution in [-0.4, -0.2) is 24.6 Å². The normalized spacial score (nSPS) is 13.2. The van der Waals surface area contributed by atoms with Gasteiger partial charge in [-0.1, -0.05) is 12.1 Å². The van der Waals surface area contributed by atoms with Crippen molar-refractivity contribution in [1.82, 2.24) is 24.6 Å². The van der Waals surface area contributed by atoms with Gasteiger partial charge >= 0.3 is 5.69 Å². The van der Waals surface area contributed by atoms with E-state index in [2.05, 4.69) is 20.1 Å². The Labute approximate surface area is 163 Å². The molecule has 0 bridgehead atoms. The van der Waals surface area contributed by atoms with Crippen LogP contribution in [0.25, 0.3) is 16.9 Å². The molecule has 0 spiro atoms. The number of hydrogen-bond acceptors (Lipinski definition) is 4. The molecule has 7 nitrogen and oxygen atoms in total. The number of imidazole rings is 1. The Morgan fingerprint density at radius 2 is 1.97 bits per heavy atom. The monoisotopic (exact) mass is 397 g/mol. The van der Waals surface area contributed by atoms with E-state index in [1.165, 1.54) is 18.3 Å². The number of nitrogens with zero attached hydrogens (tertiary/aromatic N) is 3. The van der Waals surface area contributed by atoms with E-state index >= 15 is 0 Å².